The number of amides is 1. The summed E-state index contributed by atoms with van der Waals surface area (Å²) in [5.74, 6) is -0.458. The lowest BCUT2D eigenvalue weighted by Crippen LogP contribution is -2.15. The van der Waals surface area contributed by atoms with Crippen LogP contribution in [0.4, 0.5) is 5.69 Å². The van der Waals surface area contributed by atoms with E-state index < -0.39 is 5.76 Å². The van der Waals surface area contributed by atoms with Crippen LogP contribution >= 0.6 is 0 Å². The number of nitrogens with zero attached hydrogens (tertiary/aromatic N) is 1. The van der Waals surface area contributed by atoms with Gasteiger partial charge in [0, 0.05) is 25.2 Å². The second-order valence-corrected chi connectivity index (χ2v) is 4.36. The number of oxazole rings is 1. The van der Waals surface area contributed by atoms with Gasteiger partial charge in [-0.3, -0.25) is 9.36 Å². The van der Waals surface area contributed by atoms with Gasteiger partial charge in [-0.15, -0.1) is 0 Å². The van der Waals surface area contributed by atoms with Gasteiger partial charge in [0.15, 0.2) is 5.58 Å². The highest BCUT2D eigenvalue weighted by atomic mass is 16.4. The Morgan fingerprint density at radius 3 is 2.95 bits per heavy atom. The second kappa shape index (κ2) is 5.71. The van der Waals surface area contributed by atoms with E-state index in [0.29, 0.717) is 23.2 Å². The van der Waals surface area contributed by atoms with Gasteiger partial charge in [-0.25, -0.2) is 4.79 Å². The molecule has 1 aromatic carbocycles. The Bertz CT molecular complexity index is 642. The van der Waals surface area contributed by atoms with Crippen LogP contribution in [0.15, 0.2) is 27.4 Å². The van der Waals surface area contributed by atoms with Gasteiger partial charge < -0.3 is 15.1 Å². The Morgan fingerprint density at radius 2 is 2.21 bits per heavy atom. The number of fused-ring (bicyclic) bond motifs is 1. The van der Waals surface area contributed by atoms with Crippen molar-refractivity contribution >= 4 is 22.7 Å². The molecule has 6 heteroatoms. The maximum atomic E-state index is 11.7. The molecule has 0 spiro atoms. The first-order valence-electron chi connectivity index (χ1n) is 6.16. The molecule has 102 valence electrons. The third-order valence-corrected chi connectivity index (χ3v) is 2.91. The van der Waals surface area contributed by atoms with Gasteiger partial charge in [-0.05, 0) is 32.1 Å². The van der Waals surface area contributed by atoms with Crippen LogP contribution in [0.5, 0.6) is 0 Å². The van der Waals surface area contributed by atoms with Gasteiger partial charge in [0.1, 0.15) is 0 Å². The molecule has 1 amide bonds. The predicted octanol–water partition coefficient (Wildman–Crippen LogP) is 1.07. The molecule has 2 aromatic rings. The molecule has 19 heavy (non-hydrogen) atoms. The zero-order valence-corrected chi connectivity index (χ0v) is 11.0. The Morgan fingerprint density at radius 1 is 1.42 bits per heavy atom. The first-order valence-corrected chi connectivity index (χ1v) is 6.16. The number of anilines is 1. The first-order chi connectivity index (χ1) is 9.11. The lowest BCUT2D eigenvalue weighted by Gasteiger charge is -2.04. The molecular formula is C13H17N3O3. The second-order valence-electron chi connectivity index (χ2n) is 4.36. The summed E-state index contributed by atoms with van der Waals surface area (Å²) < 4.78 is 6.49. The van der Waals surface area contributed by atoms with Crippen LogP contribution in [0.2, 0.25) is 0 Å². The summed E-state index contributed by atoms with van der Waals surface area (Å²) in [5, 5.41) is 5.77. The maximum absolute atomic E-state index is 11.7. The SMILES string of the molecule is CNCCCC(=O)Nc1ccc2c(c1)oc(=O)n2C. The zero-order valence-electron chi connectivity index (χ0n) is 11.0. The summed E-state index contributed by atoms with van der Waals surface area (Å²) in [6.07, 6.45) is 1.24. The Labute approximate surface area is 110 Å². The standard InChI is InChI=1S/C13H17N3O3/c1-14-7-3-4-12(17)15-9-5-6-10-11(8-9)19-13(18)16(10)2/h5-6,8,14H,3-4,7H2,1-2H3,(H,15,17). The van der Waals surface area contributed by atoms with Gasteiger partial charge in [0.25, 0.3) is 0 Å². The molecule has 6 nitrogen and oxygen atoms in total. The summed E-state index contributed by atoms with van der Waals surface area (Å²) in [6, 6.07) is 5.17. The maximum Gasteiger partial charge on any atom is 0.419 e. The van der Waals surface area contributed by atoms with Gasteiger partial charge in [-0.1, -0.05) is 0 Å². The van der Waals surface area contributed by atoms with Gasteiger partial charge in [0.2, 0.25) is 5.91 Å². The molecule has 0 radical (unpaired) electrons. The summed E-state index contributed by atoms with van der Waals surface area (Å²) in [6.45, 7) is 0.806. The molecule has 0 aliphatic heterocycles. The van der Waals surface area contributed by atoms with Crippen molar-refractivity contribution in [2.45, 2.75) is 12.8 Å². The summed E-state index contributed by atoms with van der Waals surface area (Å²) in [5.41, 5.74) is 1.81. The summed E-state index contributed by atoms with van der Waals surface area (Å²) in [7, 11) is 3.49. The minimum atomic E-state index is -0.410. The van der Waals surface area contributed by atoms with Crippen LogP contribution < -0.4 is 16.4 Å². The average molecular weight is 263 g/mol. The summed E-state index contributed by atoms with van der Waals surface area (Å²) in [4.78, 5) is 23.0. The number of rotatable bonds is 5. The fourth-order valence-electron chi connectivity index (χ4n) is 1.86. The molecule has 0 aliphatic carbocycles. The number of benzene rings is 1. The minimum absolute atomic E-state index is 0.0483. The lowest BCUT2D eigenvalue weighted by atomic mass is 10.2. The van der Waals surface area contributed by atoms with Crippen molar-refractivity contribution in [2.24, 2.45) is 7.05 Å². The highest BCUT2D eigenvalue weighted by molar-refractivity contribution is 5.92. The van der Waals surface area contributed by atoms with Crippen molar-refractivity contribution < 1.29 is 9.21 Å². The van der Waals surface area contributed by atoms with Crippen LogP contribution in [0.1, 0.15) is 12.8 Å². The van der Waals surface area contributed by atoms with Crippen molar-refractivity contribution in [2.75, 3.05) is 18.9 Å². The largest absolute Gasteiger partial charge is 0.419 e. The van der Waals surface area contributed by atoms with Crippen LogP contribution in [-0.2, 0) is 11.8 Å². The fourth-order valence-corrected chi connectivity index (χ4v) is 1.86. The van der Waals surface area contributed by atoms with E-state index in [1.807, 2.05) is 7.05 Å². The Balaban J connectivity index is 2.09. The number of aromatic nitrogens is 1. The average Bonchev–Trinajstić information content (AvgIpc) is 2.65. The van der Waals surface area contributed by atoms with Crippen LogP contribution in [0.25, 0.3) is 11.1 Å². The van der Waals surface area contributed by atoms with Crippen LogP contribution in [-0.4, -0.2) is 24.1 Å². The van der Waals surface area contributed by atoms with E-state index in [0.717, 1.165) is 13.0 Å². The molecule has 0 fully saturated rings. The molecule has 1 heterocycles. The van der Waals surface area contributed by atoms with E-state index in [9.17, 15) is 9.59 Å². The van der Waals surface area contributed by atoms with Crippen molar-refractivity contribution in [3.05, 3.63) is 28.7 Å². The molecule has 0 atom stereocenters. The monoisotopic (exact) mass is 263 g/mol. The van der Waals surface area contributed by atoms with Crippen molar-refractivity contribution in [3.63, 3.8) is 0 Å². The van der Waals surface area contributed by atoms with E-state index in [1.165, 1.54) is 4.57 Å². The van der Waals surface area contributed by atoms with E-state index in [-0.39, 0.29) is 5.91 Å². The zero-order chi connectivity index (χ0) is 13.8. The Hall–Kier alpha value is -2.08. The first kappa shape index (κ1) is 13.4. The number of hydrogen-bond donors (Lipinski definition) is 2. The van der Waals surface area contributed by atoms with Crippen LogP contribution in [0.3, 0.4) is 0 Å². The molecule has 2 rings (SSSR count). The third kappa shape index (κ3) is 3.03. The van der Waals surface area contributed by atoms with Crippen LogP contribution in [0, 0.1) is 0 Å². The van der Waals surface area contributed by atoms with E-state index in [4.69, 9.17) is 4.42 Å². The third-order valence-electron chi connectivity index (χ3n) is 2.91. The molecule has 0 saturated carbocycles. The van der Waals surface area contributed by atoms with Crippen molar-refractivity contribution in [1.29, 1.82) is 0 Å². The minimum Gasteiger partial charge on any atom is -0.408 e. The quantitative estimate of drug-likeness (QED) is 0.791. The predicted molar refractivity (Wildman–Crippen MR) is 73.2 cm³/mol. The van der Waals surface area contributed by atoms with Crippen molar-refractivity contribution in [3.8, 4) is 0 Å². The molecular weight excluding hydrogens is 246 g/mol. The van der Waals surface area contributed by atoms with Gasteiger partial charge >= 0.3 is 5.76 Å². The molecule has 2 N–H and O–H groups in total. The van der Waals surface area contributed by atoms with E-state index in [2.05, 4.69) is 10.6 Å². The molecule has 1 aromatic heterocycles. The topological polar surface area (TPSA) is 76.3 Å². The normalized spacial score (nSPS) is 10.8. The number of hydrogen-bond acceptors (Lipinski definition) is 4. The molecule has 0 unspecified atom stereocenters. The number of carbonyl (C=O) groups is 1. The number of aryl methyl sites for hydroxylation is 1. The highest BCUT2D eigenvalue weighted by Gasteiger charge is 2.08. The van der Waals surface area contributed by atoms with Gasteiger partial charge in [0.05, 0.1) is 5.52 Å². The van der Waals surface area contributed by atoms with E-state index in [1.54, 1.807) is 25.2 Å². The van der Waals surface area contributed by atoms with Crippen molar-refractivity contribution in [1.82, 2.24) is 9.88 Å². The van der Waals surface area contributed by atoms with E-state index >= 15 is 0 Å². The molecule has 0 saturated heterocycles. The smallest absolute Gasteiger partial charge is 0.408 e. The Kier molecular flexibility index (Phi) is 4.01. The highest BCUT2D eigenvalue weighted by Crippen LogP contribution is 2.17. The fraction of sp³-hybridized carbons (Fsp3) is 0.385. The number of nitrogens with one attached hydrogen (secondary N) is 2. The van der Waals surface area contributed by atoms with Gasteiger partial charge in [-0.2, -0.15) is 0 Å². The molecule has 0 aliphatic rings. The summed E-state index contributed by atoms with van der Waals surface area (Å²) >= 11 is 0. The lowest BCUT2D eigenvalue weighted by molar-refractivity contribution is -0.116. The molecule has 0 bridgehead atoms. The number of carbonyl (C=O) groups excluding carboxylic acids is 1.